The molecule has 4 aliphatic rings. The molecule has 0 aromatic heterocycles. The first kappa shape index (κ1) is 49.0. The third kappa shape index (κ3) is 9.12. The van der Waals surface area contributed by atoms with E-state index in [0.29, 0.717) is 11.8 Å². The van der Waals surface area contributed by atoms with Gasteiger partial charge in [0.1, 0.15) is 0 Å². The lowest BCUT2D eigenvalue weighted by Gasteiger charge is -2.34. The van der Waals surface area contributed by atoms with E-state index in [4.69, 9.17) is 0 Å². The second-order valence-corrected chi connectivity index (χ2v) is 22.7. The van der Waals surface area contributed by atoms with Gasteiger partial charge in [-0.1, -0.05) is 259 Å². The van der Waals surface area contributed by atoms with Crippen molar-refractivity contribution >= 4 is 16.3 Å². The smallest absolute Gasteiger partial charge is 0.0159 e. The van der Waals surface area contributed by atoms with E-state index in [0.717, 1.165) is 12.8 Å². The SMILES string of the molecule is CCCc1ccc(-c2cccc3ccccc23)cc1.Cc1ccc2c(c1)C(C)(C)C1=CC(c3cccc(-c4ccccc4C)c3C3CCC3)CC=C12.Cc1ccc2c(c1)C(C)(C)c1cc(-c3ccccc3)ccc1-2. The highest BCUT2D eigenvalue weighted by Gasteiger charge is 2.41. The molecule has 0 nitrogen and oxygen atoms in total. The Balaban J connectivity index is 0.000000125. The minimum Gasteiger partial charge on any atom is -0.0754 e. The molecule has 1 fully saturated rings. The zero-order valence-corrected chi connectivity index (χ0v) is 45.0. The second-order valence-electron chi connectivity index (χ2n) is 22.7. The number of aryl methyl sites for hydroxylation is 4. The molecule has 0 aliphatic heterocycles. The average Bonchev–Trinajstić information content (AvgIpc) is 3.78. The molecule has 0 saturated heterocycles. The number of benzene rings is 9. The molecular weight excluding hydrogens is 889 g/mol. The van der Waals surface area contributed by atoms with Crippen LogP contribution in [0.25, 0.3) is 60.9 Å². The summed E-state index contributed by atoms with van der Waals surface area (Å²) in [5.41, 5.74) is 28.5. The van der Waals surface area contributed by atoms with Gasteiger partial charge in [0.2, 0.25) is 0 Å². The van der Waals surface area contributed by atoms with Crippen LogP contribution in [0.2, 0.25) is 0 Å². The molecular formula is C74H72. The van der Waals surface area contributed by atoms with Gasteiger partial charge in [-0.3, -0.25) is 0 Å². The quantitative estimate of drug-likeness (QED) is 0.149. The second kappa shape index (κ2) is 20.2. The van der Waals surface area contributed by atoms with Gasteiger partial charge in [0.05, 0.1) is 0 Å². The Bertz CT molecular complexity index is 3580. The summed E-state index contributed by atoms with van der Waals surface area (Å²) >= 11 is 0. The summed E-state index contributed by atoms with van der Waals surface area (Å²) in [6.45, 7) is 18.4. The van der Waals surface area contributed by atoms with Crippen LogP contribution in [0.1, 0.15) is 134 Å². The summed E-state index contributed by atoms with van der Waals surface area (Å²) in [5.74, 6) is 1.16. The van der Waals surface area contributed by atoms with Crippen LogP contribution in [0.4, 0.5) is 0 Å². The van der Waals surface area contributed by atoms with Crippen molar-refractivity contribution in [2.24, 2.45) is 0 Å². The van der Waals surface area contributed by atoms with E-state index in [1.807, 2.05) is 0 Å². The molecule has 13 rings (SSSR count). The van der Waals surface area contributed by atoms with Gasteiger partial charge in [-0.2, -0.15) is 0 Å². The molecule has 9 aromatic rings. The molecule has 0 radical (unpaired) electrons. The highest BCUT2D eigenvalue weighted by molar-refractivity contribution is 5.97. The van der Waals surface area contributed by atoms with Gasteiger partial charge >= 0.3 is 0 Å². The normalized spacial score (nSPS) is 16.5. The molecule has 0 heterocycles. The van der Waals surface area contributed by atoms with Crippen LogP contribution in [0.5, 0.6) is 0 Å². The Morgan fingerprint density at radius 1 is 0.473 bits per heavy atom. The number of hydrogen-bond donors (Lipinski definition) is 0. The van der Waals surface area contributed by atoms with E-state index in [2.05, 4.69) is 262 Å². The van der Waals surface area contributed by atoms with Crippen LogP contribution in [-0.4, -0.2) is 0 Å². The van der Waals surface area contributed by atoms with Crippen molar-refractivity contribution in [2.45, 2.75) is 117 Å². The largest absolute Gasteiger partial charge is 0.0754 e. The molecule has 1 atom stereocenters. The fourth-order valence-electron chi connectivity index (χ4n) is 12.7. The molecule has 0 bridgehead atoms. The predicted molar refractivity (Wildman–Crippen MR) is 318 cm³/mol. The van der Waals surface area contributed by atoms with Gasteiger partial charge in [-0.25, -0.2) is 0 Å². The van der Waals surface area contributed by atoms with E-state index in [9.17, 15) is 0 Å². The van der Waals surface area contributed by atoms with Crippen LogP contribution >= 0.6 is 0 Å². The van der Waals surface area contributed by atoms with Gasteiger partial charge in [0.15, 0.2) is 0 Å². The first-order valence-electron chi connectivity index (χ1n) is 27.5. The first-order valence-corrected chi connectivity index (χ1v) is 27.5. The fraction of sp³-hybridized carbons (Fsp3) is 0.243. The van der Waals surface area contributed by atoms with E-state index in [1.165, 1.54) is 137 Å². The zero-order chi connectivity index (χ0) is 51.1. The third-order valence-corrected chi connectivity index (χ3v) is 17.1. The number of allylic oxidation sites excluding steroid dienone is 4. The van der Waals surface area contributed by atoms with E-state index in [-0.39, 0.29) is 10.8 Å². The minimum atomic E-state index is 0.0656. The van der Waals surface area contributed by atoms with Gasteiger partial charge in [-0.05, 0) is 169 Å². The monoisotopic (exact) mass is 961 g/mol. The standard InChI is InChI=1S/C33H34.C22H20.C19H18/c1-21-15-17-27-28-18-16-24(20-31(28)33(3,4)30(27)19-21)26-13-8-14-29(32(26)23-10-7-11-23)25-12-6-5-9-22(25)2;1-15-9-11-18-19-12-10-17(16-7-5-4-6-8-16)14-21(19)22(2,3)20(18)13-15;1-2-6-15-11-13-17(14-12-15)19-10-5-8-16-7-3-4-9-18(16)19/h5-6,8-9,12-15,17-20,23-24H,7,10-11,16H2,1-4H3;4-14H,1-3H3;3-5,7-14H,2,6H2,1H3. The maximum absolute atomic E-state index is 2.63. The lowest BCUT2D eigenvalue weighted by Crippen LogP contribution is -2.19. The summed E-state index contributed by atoms with van der Waals surface area (Å²) in [7, 11) is 0. The van der Waals surface area contributed by atoms with Crippen LogP contribution < -0.4 is 0 Å². The Morgan fingerprint density at radius 3 is 1.78 bits per heavy atom. The zero-order valence-electron chi connectivity index (χ0n) is 45.0. The van der Waals surface area contributed by atoms with Crippen molar-refractivity contribution in [3.63, 3.8) is 0 Å². The van der Waals surface area contributed by atoms with Crippen molar-refractivity contribution in [1.82, 2.24) is 0 Å². The van der Waals surface area contributed by atoms with Crippen molar-refractivity contribution in [3.8, 4) is 44.5 Å². The molecule has 9 aromatic carbocycles. The van der Waals surface area contributed by atoms with E-state index in [1.54, 1.807) is 11.1 Å². The van der Waals surface area contributed by atoms with Crippen LogP contribution in [0.3, 0.4) is 0 Å². The summed E-state index contributed by atoms with van der Waals surface area (Å²) in [5, 5.41) is 2.63. The van der Waals surface area contributed by atoms with Crippen molar-refractivity contribution < 1.29 is 0 Å². The highest BCUT2D eigenvalue weighted by Crippen LogP contribution is 2.55. The molecule has 368 valence electrons. The van der Waals surface area contributed by atoms with Crippen molar-refractivity contribution in [3.05, 3.63) is 267 Å². The lowest BCUT2D eigenvalue weighted by molar-refractivity contribution is 0.417. The van der Waals surface area contributed by atoms with Gasteiger partial charge in [-0.15, -0.1) is 0 Å². The number of hydrogen-bond acceptors (Lipinski definition) is 0. The first-order chi connectivity index (χ1) is 35.9. The van der Waals surface area contributed by atoms with Crippen LogP contribution in [0, 0.1) is 20.8 Å². The summed E-state index contributed by atoms with van der Waals surface area (Å²) in [6.07, 6.45) is 12.6. The fourth-order valence-corrected chi connectivity index (χ4v) is 12.7. The maximum atomic E-state index is 2.63. The molecule has 0 N–H and O–H groups in total. The molecule has 1 unspecified atom stereocenters. The third-order valence-electron chi connectivity index (χ3n) is 17.1. The molecule has 4 aliphatic carbocycles. The van der Waals surface area contributed by atoms with Gasteiger partial charge < -0.3 is 0 Å². The topological polar surface area (TPSA) is 0 Å². The Labute approximate surface area is 442 Å². The van der Waals surface area contributed by atoms with E-state index < -0.39 is 0 Å². The van der Waals surface area contributed by atoms with Gasteiger partial charge in [0.25, 0.3) is 0 Å². The Kier molecular flexibility index (Phi) is 13.4. The predicted octanol–water partition coefficient (Wildman–Crippen LogP) is 20.5. The van der Waals surface area contributed by atoms with Crippen LogP contribution in [-0.2, 0) is 17.3 Å². The molecule has 0 spiro atoms. The lowest BCUT2D eigenvalue weighted by atomic mass is 9.70. The molecule has 1 saturated carbocycles. The van der Waals surface area contributed by atoms with Gasteiger partial charge in [0, 0.05) is 16.7 Å². The molecule has 74 heavy (non-hydrogen) atoms. The maximum Gasteiger partial charge on any atom is 0.0159 e. The summed E-state index contributed by atoms with van der Waals surface area (Å²) < 4.78 is 0. The number of rotatable bonds is 7. The summed E-state index contributed by atoms with van der Waals surface area (Å²) in [6, 6.07) is 71.5. The Morgan fingerprint density at radius 2 is 1.07 bits per heavy atom. The average molecular weight is 961 g/mol. The number of fused-ring (bicyclic) bond motifs is 7. The highest BCUT2D eigenvalue weighted by atomic mass is 14.4. The molecule has 0 amide bonds. The van der Waals surface area contributed by atoms with Crippen LogP contribution in [0.15, 0.2) is 212 Å². The Hall–Kier alpha value is -7.28. The summed E-state index contributed by atoms with van der Waals surface area (Å²) in [4.78, 5) is 0. The molecule has 0 heteroatoms. The minimum absolute atomic E-state index is 0.0656. The van der Waals surface area contributed by atoms with E-state index >= 15 is 0 Å². The van der Waals surface area contributed by atoms with Crippen molar-refractivity contribution in [1.29, 1.82) is 0 Å². The van der Waals surface area contributed by atoms with Crippen molar-refractivity contribution in [2.75, 3.05) is 0 Å².